The zero-order valence-corrected chi connectivity index (χ0v) is 13.9. The summed E-state index contributed by atoms with van der Waals surface area (Å²) in [6.07, 6.45) is 2.23. The first-order valence-electron chi connectivity index (χ1n) is 7.14. The van der Waals surface area contributed by atoms with Crippen molar-refractivity contribution in [1.82, 2.24) is 4.98 Å². The summed E-state index contributed by atoms with van der Waals surface area (Å²) in [6.45, 7) is 0.409. The van der Waals surface area contributed by atoms with Crippen molar-refractivity contribution < 1.29 is 9.47 Å². The first-order chi connectivity index (χ1) is 11.6. The van der Waals surface area contributed by atoms with Crippen LogP contribution in [0.4, 0.5) is 5.69 Å². The van der Waals surface area contributed by atoms with Gasteiger partial charge in [0.15, 0.2) is 0 Å². The summed E-state index contributed by atoms with van der Waals surface area (Å²) in [4.78, 5) is 11.8. The van der Waals surface area contributed by atoms with Crippen LogP contribution in [-0.4, -0.2) is 17.6 Å². The average Bonchev–Trinajstić information content (AvgIpc) is 2.57. The highest BCUT2D eigenvalue weighted by Gasteiger charge is 2.45. The Morgan fingerprint density at radius 1 is 1.33 bits per heavy atom. The molecule has 1 spiro atoms. The number of benzene rings is 1. The van der Waals surface area contributed by atoms with Crippen LogP contribution in [0.1, 0.15) is 17.5 Å². The number of hydrogen-bond acceptors (Lipinski definition) is 6. The van der Waals surface area contributed by atoms with Crippen molar-refractivity contribution in [1.29, 1.82) is 0 Å². The van der Waals surface area contributed by atoms with Gasteiger partial charge < -0.3 is 15.2 Å². The van der Waals surface area contributed by atoms with Crippen molar-refractivity contribution in [2.24, 2.45) is 15.8 Å². The first-order valence-corrected chi connectivity index (χ1v) is 7.93. The van der Waals surface area contributed by atoms with Crippen LogP contribution in [0, 0.1) is 0 Å². The molecule has 0 amide bonds. The van der Waals surface area contributed by atoms with E-state index < -0.39 is 5.54 Å². The number of ether oxygens (including phenoxy) is 2. The predicted octanol–water partition coefficient (Wildman–Crippen LogP) is 3.87. The normalized spacial score (nSPS) is 20.8. The van der Waals surface area contributed by atoms with Gasteiger partial charge in [0, 0.05) is 38.8 Å². The Morgan fingerprint density at radius 3 is 3.00 bits per heavy atom. The highest BCUT2D eigenvalue weighted by molar-refractivity contribution is 9.10. The van der Waals surface area contributed by atoms with E-state index in [1.165, 1.54) is 0 Å². The number of fused-ring (bicyclic) bond motifs is 4. The molecule has 1 aromatic carbocycles. The van der Waals surface area contributed by atoms with E-state index in [0.29, 0.717) is 30.3 Å². The molecule has 8 nitrogen and oxygen atoms in total. The van der Waals surface area contributed by atoms with Crippen LogP contribution in [0.15, 0.2) is 45.0 Å². The van der Waals surface area contributed by atoms with Crippen LogP contribution in [0.25, 0.3) is 10.4 Å². The second-order valence-electron chi connectivity index (χ2n) is 5.39. The highest BCUT2D eigenvalue weighted by Crippen LogP contribution is 2.52. The molecule has 0 saturated carbocycles. The molecule has 4 rings (SSSR count). The third-order valence-electron chi connectivity index (χ3n) is 4.05. The van der Waals surface area contributed by atoms with E-state index in [2.05, 4.69) is 35.9 Å². The molecule has 0 radical (unpaired) electrons. The third-order valence-corrected chi connectivity index (χ3v) is 4.49. The fourth-order valence-corrected chi connectivity index (χ4v) is 3.40. The van der Waals surface area contributed by atoms with Crippen LogP contribution >= 0.6 is 15.9 Å². The van der Waals surface area contributed by atoms with Crippen molar-refractivity contribution in [3.63, 3.8) is 0 Å². The predicted molar refractivity (Wildman–Crippen MR) is 90.2 cm³/mol. The number of rotatable bonds is 1. The SMILES string of the molecule is [N-]=[N+]=Nc1ccc2c(c1)[C@@]1(CCOC(N)=N1)c1cc(Br)cnc1O2. The maximum atomic E-state index is 8.71. The molecule has 0 fully saturated rings. The maximum Gasteiger partial charge on any atom is 0.283 e. The number of hydrogen-bond donors (Lipinski definition) is 1. The first kappa shape index (κ1) is 14.8. The number of azide groups is 1. The lowest BCUT2D eigenvalue weighted by Crippen LogP contribution is -2.38. The Balaban J connectivity index is 2.03. The molecule has 24 heavy (non-hydrogen) atoms. The van der Waals surface area contributed by atoms with E-state index in [9.17, 15) is 0 Å². The molecule has 0 unspecified atom stereocenters. The van der Waals surface area contributed by atoms with Crippen molar-refractivity contribution >= 4 is 27.6 Å². The van der Waals surface area contributed by atoms with Crippen molar-refractivity contribution in [3.05, 3.63) is 56.5 Å². The molecule has 2 aliphatic rings. The summed E-state index contributed by atoms with van der Waals surface area (Å²) in [5.74, 6) is 1.08. The van der Waals surface area contributed by atoms with Crippen molar-refractivity contribution in [2.75, 3.05) is 6.61 Å². The molecule has 3 heterocycles. The van der Waals surface area contributed by atoms with E-state index >= 15 is 0 Å². The molecule has 120 valence electrons. The summed E-state index contributed by atoms with van der Waals surface area (Å²) in [5.41, 5.74) is 15.8. The number of nitrogens with two attached hydrogens (primary N) is 1. The second kappa shape index (κ2) is 5.40. The molecule has 2 aromatic rings. The van der Waals surface area contributed by atoms with E-state index in [4.69, 9.17) is 20.7 Å². The van der Waals surface area contributed by atoms with E-state index in [1.807, 2.05) is 6.07 Å². The minimum atomic E-state index is -0.789. The molecule has 0 aliphatic carbocycles. The van der Waals surface area contributed by atoms with Gasteiger partial charge in [-0.2, -0.15) is 0 Å². The molecule has 1 aromatic heterocycles. The molecule has 2 N–H and O–H groups in total. The lowest BCUT2D eigenvalue weighted by atomic mass is 9.78. The van der Waals surface area contributed by atoms with Gasteiger partial charge in [-0.25, -0.2) is 9.98 Å². The van der Waals surface area contributed by atoms with Gasteiger partial charge in [0.05, 0.1) is 6.61 Å². The van der Waals surface area contributed by atoms with Gasteiger partial charge in [0.2, 0.25) is 5.88 Å². The van der Waals surface area contributed by atoms with E-state index in [0.717, 1.165) is 15.6 Å². The molecule has 0 bridgehead atoms. The minimum absolute atomic E-state index is 0.106. The van der Waals surface area contributed by atoms with Crippen LogP contribution in [0.5, 0.6) is 11.6 Å². The lowest BCUT2D eigenvalue weighted by molar-refractivity contribution is 0.218. The number of pyridine rings is 1. The Hall–Kier alpha value is -2.77. The Morgan fingerprint density at radius 2 is 2.21 bits per heavy atom. The Kier molecular flexibility index (Phi) is 3.33. The standard InChI is InChI=1S/C15H11BrN6O2/c16-8-5-11-13(19-7-8)24-12-2-1-9(21-22-18)6-10(12)15(11)3-4-23-14(17)20-15/h1-2,5-7H,3-4H2,(H2,17,20)/t15-/m0/s1. The van der Waals surface area contributed by atoms with Crippen LogP contribution in [0.3, 0.4) is 0 Å². The summed E-state index contributed by atoms with van der Waals surface area (Å²) in [6, 6.07) is 7.21. The molecule has 1 atom stereocenters. The monoisotopic (exact) mass is 386 g/mol. The van der Waals surface area contributed by atoms with Crippen LogP contribution in [0.2, 0.25) is 0 Å². The van der Waals surface area contributed by atoms with Gasteiger partial charge in [-0.1, -0.05) is 5.11 Å². The quantitative estimate of drug-likeness (QED) is 0.454. The molecule has 9 heteroatoms. The number of aromatic nitrogens is 1. The number of aliphatic imine (C=N–C) groups is 1. The van der Waals surface area contributed by atoms with Gasteiger partial charge in [0.1, 0.15) is 11.3 Å². The van der Waals surface area contributed by atoms with Gasteiger partial charge in [-0.05, 0) is 45.7 Å². The summed E-state index contributed by atoms with van der Waals surface area (Å²) < 4.78 is 12.0. The minimum Gasteiger partial charge on any atom is -0.465 e. The fraction of sp³-hybridized carbons (Fsp3) is 0.200. The average molecular weight is 387 g/mol. The summed E-state index contributed by atoms with van der Waals surface area (Å²) >= 11 is 3.44. The maximum absolute atomic E-state index is 8.71. The molecule has 0 saturated heterocycles. The van der Waals surface area contributed by atoms with Crippen LogP contribution < -0.4 is 10.5 Å². The zero-order chi connectivity index (χ0) is 16.7. The molecule has 2 aliphatic heterocycles. The second-order valence-corrected chi connectivity index (χ2v) is 6.30. The zero-order valence-electron chi connectivity index (χ0n) is 12.3. The van der Waals surface area contributed by atoms with E-state index in [1.54, 1.807) is 24.4 Å². The molecular formula is C15H11BrN6O2. The van der Waals surface area contributed by atoms with Gasteiger partial charge in [0.25, 0.3) is 6.02 Å². The van der Waals surface area contributed by atoms with Gasteiger partial charge in [-0.15, -0.1) is 0 Å². The van der Waals surface area contributed by atoms with Gasteiger partial charge in [-0.3, -0.25) is 0 Å². The Bertz CT molecular complexity index is 924. The third kappa shape index (κ3) is 2.17. The Labute approximate surface area is 145 Å². The smallest absolute Gasteiger partial charge is 0.283 e. The molecular weight excluding hydrogens is 376 g/mol. The van der Waals surface area contributed by atoms with Crippen LogP contribution in [-0.2, 0) is 10.3 Å². The highest BCUT2D eigenvalue weighted by atomic mass is 79.9. The number of nitrogens with zero attached hydrogens (tertiary/aromatic N) is 5. The topological polar surface area (TPSA) is 118 Å². The fourth-order valence-electron chi connectivity index (χ4n) is 3.07. The number of halogens is 1. The summed E-state index contributed by atoms with van der Waals surface area (Å²) in [5, 5.41) is 3.67. The number of amidine groups is 1. The van der Waals surface area contributed by atoms with E-state index in [-0.39, 0.29) is 6.02 Å². The summed E-state index contributed by atoms with van der Waals surface area (Å²) in [7, 11) is 0. The van der Waals surface area contributed by atoms with Gasteiger partial charge >= 0.3 is 0 Å². The lowest BCUT2D eigenvalue weighted by Gasteiger charge is -2.38. The van der Waals surface area contributed by atoms with Crippen molar-refractivity contribution in [2.45, 2.75) is 12.0 Å². The van der Waals surface area contributed by atoms with Crippen molar-refractivity contribution in [3.8, 4) is 11.6 Å². The largest absolute Gasteiger partial charge is 0.465 e.